The van der Waals surface area contributed by atoms with Crippen molar-refractivity contribution in [1.29, 1.82) is 0 Å². The van der Waals surface area contributed by atoms with Crippen LogP contribution in [0.2, 0.25) is 5.02 Å². The second kappa shape index (κ2) is 6.06. The number of amides is 2. The lowest BCUT2D eigenvalue weighted by Gasteiger charge is -2.33. The molecule has 1 aliphatic heterocycles. The van der Waals surface area contributed by atoms with Gasteiger partial charge in [0.05, 0.1) is 0 Å². The average Bonchev–Trinajstić information content (AvgIpc) is 3.20. The number of hydrogen-bond acceptors (Lipinski definition) is 2. The molecule has 2 heterocycles. The van der Waals surface area contributed by atoms with Gasteiger partial charge in [0.25, 0.3) is 5.91 Å². The molecule has 0 unspecified atom stereocenters. The summed E-state index contributed by atoms with van der Waals surface area (Å²) in [5.41, 5.74) is 1.76. The van der Waals surface area contributed by atoms with Gasteiger partial charge in [-0.15, -0.1) is 0 Å². The van der Waals surface area contributed by atoms with E-state index in [0.717, 1.165) is 36.8 Å². The minimum absolute atomic E-state index is 0.00186. The zero-order chi connectivity index (χ0) is 17.6. The fraction of sp³-hybridized carbons (Fsp3) is 0.474. The fourth-order valence-corrected chi connectivity index (χ4v) is 3.96. The van der Waals surface area contributed by atoms with Crippen LogP contribution in [0, 0.1) is 5.41 Å². The summed E-state index contributed by atoms with van der Waals surface area (Å²) in [5.74, 6) is -0.290. The molecular weight excluding hydrogens is 338 g/mol. The maximum Gasteiger partial charge on any atom is 0.268 e. The van der Waals surface area contributed by atoms with Crippen LogP contribution in [0.25, 0.3) is 10.9 Å². The van der Waals surface area contributed by atoms with Crippen molar-refractivity contribution in [2.24, 2.45) is 5.41 Å². The Labute approximate surface area is 151 Å². The number of halogens is 1. The van der Waals surface area contributed by atoms with Gasteiger partial charge in [0.15, 0.2) is 0 Å². The molecule has 2 fully saturated rings. The van der Waals surface area contributed by atoms with Crippen molar-refractivity contribution in [1.82, 2.24) is 15.2 Å². The Hall–Kier alpha value is -2.01. The summed E-state index contributed by atoms with van der Waals surface area (Å²) in [4.78, 5) is 30.0. The number of carbonyl (C=O) groups is 2. The van der Waals surface area contributed by atoms with Crippen LogP contribution < -0.4 is 5.32 Å². The van der Waals surface area contributed by atoms with Crippen molar-refractivity contribution in [3.05, 3.63) is 35.0 Å². The van der Waals surface area contributed by atoms with Crippen LogP contribution in [0.4, 0.5) is 0 Å². The normalized spacial score (nSPS) is 19.8. The molecular formula is C19H22ClN3O2. The van der Waals surface area contributed by atoms with E-state index >= 15 is 0 Å². The van der Waals surface area contributed by atoms with E-state index in [2.05, 4.69) is 10.3 Å². The maximum atomic E-state index is 12.6. The molecule has 2 aromatic rings. The predicted molar refractivity (Wildman–Crippen MR) is 97.7 cm³/mol. The molecule has 1 spiro atoms. The SMILES string of the molecule is C[C@H](NC(=O)c1cc2c(Cl)cccc2[nH]1)C(=O)N1CCC2(CC1)CC2. The van der Waals surface area contributed by atoms with Crippen molar-refractivity contribution >= 4 is 34.3 Å². The van der Waals surface area contributed by atoms with E-state index in [0.29, 0.717) is 16.1 Å². The molecule has 6 heteroatoms. The highest BCUT2D eigenvalue weighted by Crippen LogP contribution is 2.53. The van der Waals surface area contributed by atoms with Gasteiger partial charge in [-0.25, -0.2) is 0 Å². The third-order valence-electron chi connectivity index (χ3n) is 5.67. The van der Waals surface area contributed by atoms with E-state index in [1.54, 1.807) is 19.1 Å². The standard InChI is InChI=1S/C19H22ClN3O2/c1-12(18(25)23-9-7-19(5-6-19)8-10-23)21-17(24)16-11-13-14(20)3-2-4-15(13)22-16/h2-4,11-12,22H,5-10H2,1H3,(H,21,24)/t12-/m0/s1. The van der Waals surface area contributed by atoms with Gasteiger partial charge < -0.3 is 15.2 Å². The summed E-state index contributed by atoms with van der Waals surface area (Å²) >= 11 is 6.15. The Kier molecular flexibility index (Phi) is 3.99. The molecule has 2 aliphatic rings. The summed E-state index contributed by atoms with van der Waals surface area (Å²) in [6, 6.07) is 6.67. The molecule has 1 aromatic heterocycles. The molecule has 1 saturated heterocycles. The number of likely N-dealkylation sites (tertiary alicyclic amines) is 1. The van der Waals surface area contributed by atoms with Crippen LogP contribution in [-0.2, 0) is 4.79 Å². The summed E-state index contributed by atoms with van der Waals surface area (Å²) in [5, 5.41) is 4.21. The van der Waals surface area contributed by atoms with Gasteiger partial charge in [0, 0.05) is 29.0 Å². The second-order valence-electron chi connectivity index (χ2n) is 7.40. The smallest absolute Gasteiger partial charge is 0.268 e. The number of nitrogens with zero attached hydrogens (tertiary/aromatic N) is 1. The molecule has 5 nitrogen and oxygen atoms in total. The Morgan fingerprint density at radius 2 is 1.96 bits per heavy atom. The molecule has 4 rings (SSSR count). The number of hydrogen-bond donors (Lipinski definition) is 2. The third-order valence-corrected chi connectivity index (χ3v) is 6.00. The molecule has 2 N–H and O–H groups in total. The number of H-pyrrole nitrogens is 1. The first-order chi connectivity index (χ1) is 12.0. The Morgan fingerprint density at radius 3 is 2.60 bits per heavy atom. The topological polar surface area (TPSA) is 65.2 Å². The maximum absolute atomic E-state index is 12.6. The van der Waals surface area contributed by atoms with Crippen LogP contribution >= 0.6 is 11.6 Å². The lowest BCUT2D eigenvalue weighted by molar-refractivity contribution is -0.134. The van der Waals surface area contributed by atoms with Crippen molar-refractivity contribution in [3.8, 4) is 0 Å². The van der Waals surface area contributed by atoms with Crippen molar-refractivity contribution < 1.29 is 9.59 Å². The number of aromatic nitrogens is 1. The minimum atomic E-state index is -0.539. The summed E-state index contributed by atoms with van der Waals surface area (Å²) < 4.78 is 0. The predicted octanol–water partition coefficient (Wildman–Crippen LogP) is 3.34. The molecule has 25 heavy (non-hydrogen) atoms. The first-order valence-electron chi connectivity index (χ1n) is 8.84. The number of rotatable bonds is 3. The van der Waals surface area contributed by atoms with E-state index in [1.807, 2.05) is 17.0 Å². The molecule has 1 atom stereocenters. The molecule has 2 amide bonds. The lowest BCUT2D eigenvalue weighted by Crippen LogP contribution is -2.49. The van der Waals surface area contributed by atoms with Crippen molar-refractivity contribution in [2.45, 2.75) is 38.6 Å². The van der Waals surface area contributed by atoms with Crippen LogP contribution in [0.15, 0.2) is 24.3 Å². The average molecular weight is 360 g/mol. The zero-order valence-electron chi connectivity index (χ0n) is 14.3. The van der Waals surface area contributed by atoms with Gasteiger partial charge in [-0.05, 0) is 56.2 Å². The fourth-order valence-electron chi connectivity index (χ4n) is 3.73. The third kappa shape index (κ3) is 3.13. The Morgan fingerprint density at radius 1 is 1.24 bits per heavy atom. The van der Waals surface area contributed by atoms with Crippen molar-refractivity contribution in [3.63, 3.8) is 0 Å². The minimum Gasteiger partial charge on any atom is -0.350 e. The van der Waals surface area contributed by atoms with Gasteiger partial charge in [-0.3, -0.25) is 9.59 Å². The number of piperidine rings is 1. The van der Waals surface area contributed by atoms with Crippen molar-refractivity contribution in [2.75, 3.05) is 13.1 Å². The largest absolute Gasteiger partial charge is 0.350 e. The molecule has 0 bridgehead atoms. The monoisotopic (exact) mass is 359 g/mol. The Bertz CT molecular complexity index is 830. The summed E-state index contributed by atoms with van der Waals surface area (Å²) in [7, 11) is 0. The van der Waals surface area contributed by atoms with Gasteiger partial charge >= 0.3 is 0 Å². The van der Waals surface area contributed by atoms with Crippen LogP contribution in [0.3, 0.4) is 0 Å². The van der Waals surface area contributed by atoms with Crippen LogP contribution in [0.1, 0.15) is 43.1 Å². The number of benzene rings is 1. The molecule has 1 aromatic carbocycles. The van der Waals surface area contributed by atoms with Gasteiger partial charge in [-0.2, -0.15) is 0 Å². The molecule has 132 valence electrons. The van der Waals surface area contributed by atoms with Gasteiger partial charge in [0.2, 0.25) is 5.91 Å². The first-order valence-corrected chi connectivity index (χ1v) is 9.22. The van der Waals surface area contributed by atoms with Crippen LogP contribution in [0.5, 0.6) is 0 Å². The van der Waals surface area contributed by atoms with Gasteiger partial charge in [0.1, 0.15) is 11.7 Å². The number of fused-ring (bicyclic) bond motifs is 1. The number of aromatic amines is 1. The van der Waals surface area contributed by atoms with E-state index in [9.17, 15) is 9.59 Å². The van der Waals surface area contributed by atoms with E-state index in [1.165, 1.54) is 12.8 Å². The summed E-state index contributed by atoms with van der Waals surface area (Å²) in [6.45, 7) is 3.36. The van der Waals surface area contributed by atoms with E-state index in [4.69, 9.17) is 11.6 Å². The molecule has 0 radical (unpaired) electrons. The van der Waals surface area contributed by atoms with E-state index < -0.39 is 6.04 Å². The lowest BCUT2D eigenvalue weighted by atomic mass is 9.93. The molecule has 1 aliphatic carbocycles. The highest BCUT2D eigenvalue weighted by atomic mass is 35.5. The van der Waals surface area contributed by atoms with Gasteiger partial charge in [-0.1, -0.05) is 17.7 Å². The quantitative estimate of drug-likeness (QED) is 0.882. The number of nitrogens with one attached hydrogen (secondary N) is 2. The number of carbonyl (C=O) groups excluding carboxylic acids is 2. The second-order valence-corrected chi connectivity index (χ2v) is 7.81. The molecule has 1 saturated carbocycles. The Balaban J connectivity index is 1.40. The van der Waals surface area contributed by atoms with Crippen LogP contribution in [-0.4, -0.2) is 40.8 Å². The zero-order valence-corrected chi connectivity index (χ0v) is 15.0. The highest BCUT2D eigenvalue weighted by Gasteiger charge is 2.45. The highest BCUT2D eigenvalue weighted by molar-refractivity contribution is 6.35. The van der Waals surface area contributed by atoms with E-state index in [-0.39, 0.29) is 11.8 Å². The first kappa shape index (κ1) is 16.5. The summed E-state index contributed by atoms with van der Waals surface area (Å²) in [6.07, 6.45) is 4.81.